The van der Waals surface area contributed by atoms with Gasteiger partial charge >= 0.3 is 0 Å². The van der Waals surface area contributed by atoms with Crippen molar-refractivity contribution in [3.63, 3.8) is 0 Å². The number of alkyl halides is 2. The summed E-state index contributed by atoms with van der Waals surface area (Å²) in [6.45, 7) is 3.63. The Hall–Kier alpha value is -1.43. The summed E-state index contributed by atoms with van der Waals surface area (Å²) < 4.78 is 26.1. The van der Waals surface area contributed by atoms with E-state index < -0.39 is 13.0 Å². The quantitative estimate of drug-likeness (QED) is 0.826. The Labute approximate surface area is 111 Å². The van der Waals surface area contributed by atoms with E-state index in [0.29, 0.717) is 13.0 Å². The van der Waals surface area contributed by atoms with Crippen LogP contribution in [0.2, 0.25) is 0 Å². The van der Waals surface area contributed by atoms with E-state index in [-0.39, 0.29) is 24.2 Å². The highest BCUT2D eigenvalue weighted by atomic mass is 19.3. The molecule has 0 radical (unpaired) electrons. The van der Waals surface area contributed by atoms with Crippen LogP contribution in [0.5, 0.6) is 0 Å². The Morgan fingerprint density at radius 2 is 2.16 bits per heavy atom. The van der Waals surface area contributed by atoms with Crippen LogP contribution in [0.1, 0.15) is 30.8 Å². The average molecular weight is 274 g/mol. The second kappa shape index (κ2) is 7.23. The second-order valence-electron chi connectivity index (χ2n) is 4.61. The van der Waals surface area contributed by atoms with Gasteiger partial charge in [0.15, 0.2) is 0 Å². The first-order valence-corrected chi connectivity index (χ1v) is 6.32. The summed E-state index contributed by atoms with van der Waals surface area (Å²) in [6.07, 6.45) is -0.549. The van der Waals surface area contributed by atoms with Crippen LogP contribution in [-0.4, -0.2) is 46.1 Å². The molecule has 0 aliphatic heterocycles. The Morgan fingerprint density at radius 1 is 1.47 bits per heavy atom. The largest absolute Gasteiger partial charge is 0.396 e. The molecule has 1 rings (SSSR count). The van der Waals surface area contributed by atoms with E-state index in [1.54, 1.807) is 17.0 Å². The van der Waals surface area contributed by atoms with Gasteiger partial charge in [0.2, 0.25) is 0 Å². The monoisotopic (exact) mass is 274 g/mol. The maximum Gasteiger partial charge on any atom is 0.270 e. The van der Waals surface area contributed by atoms with Gasteiger partial charge in [-0.25, -0.2) is 8.78 Å². The molecule has 6 heteroatoms. The number of rotatable bonds is 7. The first-order chi connectivity index (χ1) is 8.97. The lowest BCUT2D eigenvalue weighted by Gasteiger charge is -2.27. The van der Waals surface area contributed by atoms with E-state index in [1.165, 1.54) is 10.8 Å². The van der Waals surface area contributed by atoms with Gasteiger partial charge in [0.05, 0.1) is 6.54 Å². The molecule has 4 nitrogen and oxygen atoms in total. The molecule has 0 bridgehead atoms. The summed E-state index contributed by atoms with van der Waals surface area (Å²) in [5.41, 5.74) is 0.256. The summed E-state index contributed by atoms with van der Waals surface area (Å²) in [4.78, 5) is 13.9. The minimum Gasteiger partial charge on any atom is -0.396 e. The number of aliphatic hydroxyl groups is 1. The zero-order valence-electron chi connectivity index (χ0n) is 11.2. The third-order valence-corrected chi connectivity index (χ3v) is 2.82. The van der Waals surface area contributed by atoms with Gasteiger partial charge in [0.1, 0.15) is 5.69 Å². The second-order valence-corrected chi connectivity index (χ2v) is 4.61. The van der Waals surface area contributed by atoms with Crippen LogP contribution in [0.3, 0.4) is 0 Å². The van der Waals surface area contributed by atoms with Crippen molar-refractivity contribution in [2.45, 2.75) is 39.3 Å². The van der Waals surface area contributed by atoms with E-state index in [2.05, 4.69) is 0 Å². The average Bonchev–Trinajstić information content (AvgIpc) is 2.76. The fourth-order valence-electron chi connectivity index (χ4n) is 1.90. The fourth-order valence-corrected chi connectivity index (χ4v) is 1.90. The van der Waals surface area contributed by atoms with Gasteiger partial charge in [-0.05, 0) is 32.4 Å². The van der Waals surface area contributed by atoms with Crippen molar-refractivity contribution < 1.29 is 18.7 Å². The number of aliphatic hydroxyl groups excluding tert-OH is 1. The SMILES string of the molecule is CC(C)N(CCCO)C(=O)c1cccn1CC(F)F. The van der Waals surface area contributed by atoms with Gasteiger partial charge in [-0.3, -0.25) is 4.79 Å². The number of nitrogens with zero attached hydrogens (tertiary/aromatic N) is 2. The van der Waals surface area contributed by atoms with Crippen molar-refractivity contribution in [1.82, 2.24) is 9.47 Å². The van der Waals surface area contributed by atoms with Crippen molar-refractivity contribution in [3.8, 4) is 0 Å². The summed E-state index contributed by atoms with van der Waals surface area (Å²) in [5, 5.41) is 8.84. The normalized spacial score (nSPS) is 11.3. The van der Waals surface area contributed by atoms with E-state index >= 15 is 0 Å². The molecule has 0 fully saturated rings. The Kier molecular flexibility index (Phi) is 5.95. The first kappa shape index (κ1) is 15.6. The van der Waals surface area contributed by atoms with E-state index in [9.17, 15) is 13.6 Å². The molecule has 108 valence electrons. The molecular formula is C13H20F2N2O2. The van der Waals surface area contributed by atoms with Crippen LogP contribution in [0.25, 0.3) is 0 Å². The molecule has 1 aromatic heterocycles. The van der Waals surface area contributed by atoms with E-state index in [0.717, 1.165) is 0 Å². The highest BCUT2D eigenvalue weighted by Gasteiger charge is 2.21. The molecule has 0 unspecified atom stereocenters. The van der Waals surface area contributed by atoms with Crippen LogP contribution in [-0.2, 0) is 6.54 Å². The molecule has 0 saturated carbocycles. The van der Waals surface area contributed by atoms with Crippen LogP contribution >= 0.6 is 0 Å². The van der Waals surface area contributed by atoms with E-state index in [4.69, 9.17) is 5.11 Å². The van der Waals surface area contributed by atoms with Crippen LogP contribution < -0.4 is 0 Å². The number of aromatic nitrogens is 1. The smallest absolute Gasteiger partial charge is 0.270 e. The molecular weight excluding hydrogens is 254 g/mol. The zero-order chi connectivity index (χ0) is 14.4. The minimum atomic E-state index is -2.50. The summed E-state index contributed by atoms with van der Waals surface area (Å²) in [7, 11) is 0. The number of halogens is 2. The number of amides is 1. The number of carbonyl (C=O) groups is 1. The molecule has 1 aromatic rings. The molecule has 19 heavy (non-hydrogen) atoms. The molecule has 0 aromatic carbocycles. The molecule has 0 saturated heterocycles. The molecule has 1 N–H and O–H groups in total. The van der Waals surface area contributed by atoms with Crippen LogP contribution in [0, 0.1) is 0 Å². The number of carbonyl (C=O) groups excluding carboxylic acids is 1. The molecule has 0 atom stereocenters. The molecule has 0 aliphatic rings. The van der Waals surface area contributed by atoms with Gasteiger partial charge in [0.25, 0.3) is 12.3 Å². The van der Waals surface area contributed by atoms with Crippen molar-refractivity contribution in [2.24, 2.45) is 0 Å². The third-order valence-electron chi connectivity index (χ3n) is 2.82. The highest BCUT2D eigenvalue weighted by Crippen LogP contribution is 2.12. The maximum atomic E-state index is 12.4. The Bertz CT molecular complexity index is 405. The van der Waals surface area contributed by atoms with Crippen molar-refractivity contribution in [2.75, 3.05) is 13.2 Å². The molecule has 0 spiro atoms. The van der Waals surface area contributed by atoms with Gasteiger partial charge in [-0.15, -0.1) is 0 Å². The van der Waals surface area contributed by atoms with Crippen LogP contribution in [0.4, 0.5) is 8.78 Å². The van der Waals surface area contributed by atoms with Gasteiger partial charge in [-0.2, -0.15) is 0 Å². The van der Waals surface area contributed by atoms with Gasteiger partial charge in [0, 0.05) is 25.4 Å². The standard InChI is InChI=1S/C13H20F2N2O2/c1-10(2)17(7-4-8-18)13(19)11-5-3-6-16(11)9-12(14)15/h3,5-6,10,12,18H,4,7-9H2,1-2H3. The zero-order valence-corrected chi connectivity index (χ0v) is 11.2. The highest BCUT2D eigenvalue weighted by molar-refractivity contribution is 5.93. The van der Waals surface area contributed by atoms with Crippen LogP contribution in [0.15, 0.2) is 18.3 Å². The lowest BCUT2D eigenvalue weighted by atomic mass is 10.2. The topological polar surface area (TPSA) is 45.5 Å². The lowest BCUT2D eigenvalue weighted by Crippen LogP contribution is -2.39. The van der Waals surface area contributed by atoms with Crippen molar-refractivity contribution in [1.29, 1.82) is 0 Å². The van der Waals surface area contributed by atoms with Crippen molar-refractivity contribution >= 4 is 5.91 Å². The number of hydrogen-bond acceptors (Lipinski definition) is 2. The van der Waals surface area contributed by atoms with Gasteiger partial charge < -0.3 is 14.6 Å². The van der Waals surface area contributed by atoms with Crippen molar-refractivity contribution in [3.05, 3.63) is 24.0 Å². The summed E-state index contributed by atoms with van der Waals surface area (Å²) >= 11 is 0. The third kappa shape index (κ3) is 4.31. The van der Waals surface area contributed by atoms with Gasteiger partial charge in [-0.1, -0.05) is 0 Å². The number of hydrogen-bond donors (Lipinski definition) is 1. The summed E-state index contributed by atoms with van der Waals surface area (Å²) in [5.74, 6) is -0.283. The fraction of sp³-hybridized carbons (Fsp3) is 0.615. The molecule has 1 heterocycles. The predicted octanol–water partition coefficient (Wildman–Crippen LogP) is 1.99. The summed E-state index contributed by atoms with van der Waals surface area (Å²) in [6, 6.07) is 3.08. The maximum absolute atomic E-state index is 12.4. The Balaban J connectivity index is 2.87. The Morgan fingerprint density at radius 3 is 2.68 bits per heavy atom. The lowest BCUT2D eigenvalue weighted by molar-refractivity contribution is 0.0673. The molecule has 1 amide bonds. The predicted molar refractivity (Wildman–Crippen MR) is 68.3 cm³/mol. The first-order valence-electron chi connectivity index (χ1n) is 6.32. The molecule has 0 aliphatic carbocycles. The van der Waals surface area contributed by atoms with E-state index in [1.807, 2.05) is 13.8 Å². The minimum absolute atomic E-state index is 0.00541.